The third-order valence-corrected chi connectivity index (χ3v) is 3.40. The minimum absolute atomic E-state index is 0.175. The normalized spacial score (nSPS) is 19.6. The summed E-state index contributed by atoms with van der Waals surface area (Å²) in [6, 6.07) is 5.17. The predicted molar refractivity (Wildman–Crippen MR) is 72.6 cm³/mol. The van der Waals surface area contributed by atoms with Crippen LogP contribution in [0.4, 0.5) is 4.39 Å². The van der Waals surface area contributed by atoms with Crippen LogP contribution in [0.3, 0.4) is 0 Å². The second-order valence-corrected chi connectivity index (χ2v) is 5.49. The van der Waals surface area contributed by atoms with Crippen molar-refractivity contribution in [3.8, 4) is 0 Å². The summed E-state index contributed by atoms with van der Waals surface area (Å²) in [6.45, 7) is 7.94. The first-order valence-corrected chi connectivity index (χ1v) is 6.72. The zero-order chi connectivity index (χ0) is 13.9. The van der Waals surface area contributed by atoms with Gasteiger partial charge in [-0.25, -0.2) is 4.39 Å². The van der Waals surface area contributed by atoms with E-state index >= 15 is 0 Å². The molecule has 1 N–H and O–H groups in total. The average Bonchev–Trinajstić information content (AvgIpc) is 2.34. The van der Waals surface area contributed by atoms with Crippen molar-refractivity contribution >= 4 is 0 Å². The molecular formula is C15H22FNO2. The van der Waals surface area contributed by atoms with Gasteiger partial charge in [-0.3, -0.25) is 0 Å². The zero-order valence-corrected chi connectivity index (χ0v) is 11.8. The lowest BCUT2D eigenvalue weighted by Gasteiger charge is -2.35. The molecule has 1 fully saturated rings. The summed E-state index contributed by atoms with van der Waals surface area (Å²) in [5.74, 6) is -0.642. The largest absolute Gasteiger partial charge is 0.349 e. The SMILES string of the molecule is Cc1cc(F)ccc1CCNC1COC(C)(C)OC1. The summed E-state index contributed by atoms with van der Waals surface area (Å²) in [4.78, 5) is 0. The maximum absolute atomic E-state index is 13.0. The number of hydrogen-bond donors (Lipinski definition) is 1. The Morgan fingerprint density at radius 2 is 2.00 bits per heavy atom. The maximum Gasteiger partial charge on any atom is 0.162 e. The number of aryl methyl sites for hydroxylation is 1. The lowest BCUT2D eigenvalue weighted by atomic mass is 10.1. The molecule has 0 aliphatic carbocycles. The van der Waals surface area contributed by atoms with Crippen molar-refractivity contribution in [3.63, 3.8) is 0 Å². The summed E-state index contributed by atoms with van der Waals surface area (Å²) in [6.07, 6.45) is 0.881. The van der Waals surface area contributed by atoms with Gasteiger partial charge in [0.25, 0.3) is 0 Å². The molecule has 106 valence electrons. The van der Waals surface area contributed by atoms with Gasteiger partial charge >= 0.3 is 0 Å². The summed E-state index contributed by atoms with van der Waals surface area (Å²) in [7, 11) is 0. The monoisotopic (exact) mass is 267 g/mol. The molecular weight excluding hydrogens is 245 g/mol. The Morgan fingerprint density at radius 1 is 1.32 bits per heavy atom. The predicted octanol–water partition coefficient (Wildman–Crippen LogP) is 2.42. The van der Waals surface area contributed by atoms with E-state index in [2.05, 4.69) is 5.32 Å². The van der Waals surface area contributed by atoms with Gasteiger partial charge in [0.2, 0.25) is 0 Å². The van der Waals surface area contributed by atoms with Gasteiger partial charge in [0.1, 0.15) is 5.82 Å². The zero-order valence-electron chi connectivity index (χ0n) is 11.8. The molecule has 4 heteroatoms. The fourth-order valence-corrected chi connectivity index (χ4v) is 2.16. The molecule has 1 aromatic rings. The second kappa shape index (κ2) is 5.99. The molecule has 3 nitrogen and oxygen atoms in total. The molecule has 1 aromatic carbocycles. The third-order valence-electron chi connectivity index (χ3n) is 3.40. The molecule has 1 aliphatic heterocycles. The Kier molecular flexibility index (Phi) is 4.55. The molecule has 19 heavy (non-hydrogen) atoms. The topological polar surface area (TPSA) is 30.5 Å². The van der Waals surface area contributed by atoms with Crippen LogP contribution in [0.25, 0.3) is 0 Å². The van der Waals surface area contributed by atoms with Gasteiger partial charge < -0.3 is 14.8 Å². The van der Waals surface area contributed by atoms with Gasteiger partial charge in [-0.15, -0.1) is 0 Å². The van der Waals surface area contributed by atoms with E-state index in [1.807, 2.05) is 26.8 Å². The summed E-state index contributed by atoms with van der Waals surface area (Å²) in [5, 5.41) is 3.41. The van der Waals surface area contributed by atoms with E-state index in [-0.39, 0.29) is 11.9 Å². The highest BCUT2D eigenvalue weighted by molar-refractivity contribution is 5.26. The number of rotatable bonds is 4. The van der Waals surface area contributed by atoms with Crippen LogP contribution in [-0.2, 0) is 15.9 Å². The average molecular weight is 267 g/mol. The molecule has 0 aromatic heterocycles. The highest BCUT2D eigenvalue weighted by Crippen LogP contribution is 2.17. The van der Waals surface area contributed by atoms with E-state index in [0.717, 1.165) is 18.5 Å². The molecule has 0 saturated carbocycles. The maximum atomic E-state index is 13.0. The highest BCUT2D eigenvalue weighted by Gasteiger charge is 2.27. The molecule has 1 aliphatic rings. The van der Waals surface area contributed by atoms with Crippen LogP contribution in [0.5, 0.6) is 0 Å². The first kappa shape index (κ1) is 14.4. The molecule has 0 radical (unpaired) electrons. The minimum Gasteiger partial charge on any atom is -0.349 e. The van der Waals surface area contributed by atoms with Crippen LogP contribution in [0.15, 0.2) is 18.2 Å². The number of ether oxygens (including phenoxy) is 2. The van der Waals surface area contributed by atoms with E-state index in [1.54, 1.807) is 6.07 Å². The van der Waals surface area contributed by atoms with E-state index in [0.29, 0.717) is 13.2 Å². The van der Waals surface area contributed by atoms with Crippen molar-refractivity contribution in [2.75, 3.05) is 19.8 Å². The number of benzene rings is 1. The van der Waals surface area contributed by atoms with Crippen LogP contribution in [-0.4, -0.2) is 31.6 Å². The number of hydrogen-bond acceptors (Lipinski definition) is 3. The molecule has 0 unspecified atom stereocenters. The van der Waals surface area contributed by atoms with E-state index in [9.17, 15) is 4.39 Å². The summed E-state index contributed by atoms with van der Waals surface area (Å²) >= 11 is 0. The molecule has 0 bridgehead atoms. The molecule has 0 atom stereocenters. The second-order valence-electron chi connectivity index (χ2n) is 5.49. The van der Waals surface area contributed by atoms with Crippen LogP contribution in [0.2, 0.25) is 0 Å². The van der Waals surface area contributed by atoms with Gasteiger partial charge in [0.05, 0.1) is 19.3 Å². The Balaban J connectivity index is 1.75. The van der Waals surface area contributed by atoms with Gasteiger partial charge in [-0.2, -0.15) is 0 Å². The van der Waals surface area contributed by atoms with Gasteiger partial charge in [-0.05, 0) is 57.0 Å². The smallest absolute Gasteiger partial charge is 0.162 e. The van der Waals surface area contributed by atoms with Crippen LogP contribution in [0.1, 0.15) is 25.0 Å². The fraction of sp³-hybridized carbons (Fsp3) is 0.600. The fourth-order valence-electron chi connectivity index (χ4n) is 2.16. The Labute approximate surface area is 114 Å². The van der Waals surface area contributed by atoms with Crippen molar-refractivity contribution in [1.29, 1.82) is 0 Å². The lowest BCUT2D eigenvalue weighted by molar-refractivity contribution is -0.252. The van der Waals surface area contributed by atoms with Crippen molar-refractivity contribution in [1.82, 2.24) is 5.32 Å². The molecule has 0 spiro atoms. The first-order chi connectivity index (χ1) is 8.96. The minimum atomic E-state index is -0.467. The van der Waals surface area contributed by atoms with Gasteiger partial charge in [-0.1, -0.05) is 6.07 Å². The number of nitrogens with one attached hydrogen (secondary N) is 1. The standard InChI is InChI=1S/C15H22FNO2/c1-11-8-13(16)5-4-12(11)6-7-17-14-9-18-15(2,3)19-10-14/h4-5,8,14,17H,6-7,9-10H2,1-3H3. The molecule has 0 amide bonds. The molecule has 1 heterocycles. The van der Waals surface area contributed by atoms with Gasteiger partial charge in [0, 0.05) is 0 Å². The van der Waals surface area contributed by atoms with Crippen LogP contribution < -0.4 is 5.32 Å². The first-order valence-electron chi connectivity index (χ1n) is 6.72. The van der Waals surface area contributed by atoms with Gasteiger partial charge in [0.15, 0.2) is 5.79 Å². The summed E-state index contributed by atoms with van der Waals surface area (Å²) < 4.78 is 24.2. The molecule has 2 rings (SSSR count). The van der Waals surface area contributed by atoms with Crippen LogP contribution >= 0.6 is 0 Å². The number of halogens is 1. The quantitative estimate of drug-likeness (QED) is 0.909. The van der Waals surface area contributed by atoms with Crippen molar-refractivity contribution < 1.29 is 13.9 Å². The summed E-state index contributed by atoms with van der Waals surface area (Å²) in [5.41, 5.74) is 2.17. The van der Waals surface area contributed by atoms with E-state index in [1.165, 1.54) is 11.6 Å². The van der Waals surface area contributed by atoms with E-state index in [4.69, 9.17) is 9.47 Å². The third kappa shape index (κ3) is 4.27. The van der Waals surface area contributed by atoms with Crippen molar-refractivity contribution in [2.24, 2.45) is 0 Å². The lowest BCUT2D eigenvalue weighted by Crippen LogP contribution is -2.48. The Morgan fingerprint density at radius 3 is 2.63 bits per heavy atom. The van der Waals surface area contributed by atoms with Crippen LogP contribution in [0, 0.1) is 12.7 Å². The highest BCUT2D eigenvalue weighted by atomic mass is 19.1. The van der Waals surface area contributed by atoms with Crippen molar-refractivity contribution in [3.05, 3.63) is 35.1 Å². The Hall–Kier alpha value is -0.970. The van der Waals surface area contributed by atoms with Crippen molar-refractivity contribution in [2.45, 2.75) is 39.0 Å². The molecule has 1 saturated heterocycles. The Bertz CT molecular complexity index is 424. The van der Waals surface area contributed by atoms with E-state index < -0.39 is 5.79 Å².